The normalized spacial score (nSPS) is 13.7. The van der Waals surface area contributed by atoms with Crippen molar-refractivity contribution >= 4 is 29.4 Å². The summed E-state index contributed by atoms with van der Waals surface area (Å²) in [6.07, 6.45) is 0.970. The first-order valence-corrected chi connectivity index (χ1v) is 7.87. The van der Waals surface area contributed by atoms with Crippen molar-refractivity contribution in [3.8, 4) is 0 Å². The molecule has 0 aliphatic rings. The Morgan fingerprint density at radius 3 is 2.85 bits per heavy atom. The molecule has 0 aromatic heterocycles. The molecule has 3 N–H and O–H groups in total. The summed E-state index contributed by atoms with van der Waals surface area (Å²) in [5.41, 5.74) is 0.365. The van der Waals surface area contributed by atoms with Crippen LogP contribution in [-0.4, -0.2) is 35.7 Å². The molecule has 2 unspecified atom stereocenters. The van der Waals surface area contributed by atoms with E-state index in [9.17, 15) is 14.3 Å². The number of aliphatic hydroxyl groups excluding tert-OH is 1. The first kappa shape index (κ1) is 17.1. The smallest absolute Gasteiger partial charge is 0.315 e. The number of halogens is 2. The van der Waals surface area contributed by atoms with Crippen molar-refractivity contribution < 1.29 is 14.3 Å². The third-order valence-electron chi connectivity index (χ3n) is 2.58. The fraction of sp³-hybridized carbons (Fsp3) is 0.462. The van der Waals surface area contributed by atoms with Gasteiger partial charge in [-0.15, -0.1) is 0 Å². The Kier molecular flexibility index (Phi) is 7.12. The van der Waals surface area contributed by atoms with E-state index in [1.807, 2.05) is 13.2 Å². The highest BCUT2D eigenvalue weighted by atomic mass is 35.5. The molecule has 0 saturated carbocycles. The molecule has 0 fully saturated rings. The van der Waals surface area contributed by atoms with E-state index in [1.165, 1.54) is 12.1 Å². The van der Waals surface area contributed by atoms with E-state index in [0.717, 1.165) is 11.8 Å². The Hall–Kier alpha value is -0.980. The predicted octanol–water partition coefficient (Wildman–Crippen LogP) is 2.56. The molecule has 7 heteroatoms. The van der Waals surface area contributed by atoms with Crippen molar-refractivity contribution in [1.29, 1.82) is 0 Å². The Morgan fingerprint density at radius 1 is 1.55 bits per heavy atom. The van der Waals surface area contributed by atoms with Crippen LogP contribution in [0.5, 0.6) is 0 Å². The van der Waals surface area contributed by atoms with Crippen LogP contribution in [0, 0.1) is 5.82 Å². The molecule has 0 heterocycles. The van der Waals surface area contributed by atoms with E-state index in [2.05, 4.69) is 10.6 Å². The van der Waals surface area contributed by atoms with E-state index in [1.54, 1.807) is 11.8 Å². The highest BCUT2D eigenvalue weighted by Gasteiger charge is 2.12. The molecule has 2 atom stereocenters. The average Bonchev–Trinajstić information content (AvgIpc) is 2.39. The van der Waals surface area contributed by atoms with Crippen LogP contribution >= 0.6 is 23.4 Å². The first-order valence-electron chi connectivity index (χ1n) is 6.10. The van der Waals surface area contributed by atoms with Crippen molar-refractivity contribution in [2.45, 2.75) is 19.1 Å². The predicted molar refractivity (Wildman–Crippen MR) is 80.7 cm³/mol. The molecule has 4 nitrogen and oxygen atoms in total. The maximum atomic E-state index is 13.3. The van der Waals surface area contributed by atoms with Crippen molar-refractivity contribution in [2.24, 2.45) is 0 Å². The van der Waals surface area contributed by atoms with Gasteiger partial charge in [-0.05, 0) is 30.9 Å². The lowest BCUT2D eigenvalue weighted by Gasteiger charge is -2.16. The molecular weight excluding hydrogens is 303 g/mol. The molecule has 0 aliphatic heterocycles. The Bertz CT molecular complexity index is 462. The van der Waals surface area contributed by atoms with Gasteiger partial charge in [-0.25, -0.2) is 9.18 Å². The zero-order chi connectivity index (χ0) is 15.1. The number of carbonyl (C=O) groups excluding carboxylic acids is 1. The molecule has 0 aliphatic carbocycles. The Morgan fingerprint density at radius 2 is 2.25 bits per heavy atom. The highest BCUT2D eigenvalue weighted by molar-refractivity contribution is 7.98. The van der Waals surface area contributed by atoms with Crippen LogP contribution in [0.2, 0.25) is 5.02 Å². The monoisotopic (exact) mass is 320 g/mol. The van der Waals surface area contributed by atoms with Gasteiger partial charge in [-0.2, -0.15) is 11.8 Å². The molecule has 0 radical (unpaired) electrons. The molecule has 20 heavy (non-hydrogen) atoms. The number of amides is 2. The number of carbonyl (C=O) groups is 1. The van der Waals surface area contributed by atoms with E-state index in [0.29, 0.717) is 5.56 Å². The minimum absolute atomic E-state index is 0.00110. The standard InChI is InChI=1S/C13H18ClFN2O2S/c1-8(7-20-2)17-13(19)16-6-12(18)9-3-4-10(14)11(15)5-9/h3-5,8,12,18H,6-7H2,1-2H3,(H2,16,17,19). The van der Waals surface area contributed by atoms with Gasteiger partial charge in [-0.3, -0.25) is 0 Å². The zero-order valence-corrected chi connectivity index (χ0v) is 12.9. The van der Waals surface area contributed by atoms with Gasteiger partial charge in [0.2, 0.25) is 0 Å². The van der Waals surface area contributed by atoms with Crippen molar-refractivity contribution in [3.63, 3.8) is 0 Å². The van der Waals surface area contributed by atoms with Crippen LogP contribution in [-0.2, 0) is 0 Å². The number of thioether (sulfide) groups is 1. The van der Waals surface area contributed by atoms with Gasteiger partial charge in [0.1, 0.15) is 5.82 Å². The van der Waals surface area contributed by atoms with E-state index in [-0.39, 0.29) is 23.6 Å². The number of nitrogens with one attached hydrogen (secondary N) is 2. The van der Waals surface area contributed by atoms with Crippen LogP contribution in [0.1, 0.15) is 18.6 Å². The van der Waals surface area contributed by atoms with E-state index in [4.69, 9.17) is 11.6 Å². The van der Waals surface area contributed by atoms with Crippen molar-refractivity contribution in [3.05, 3.63) is 34.6 Å². The summed E-state index contributed by atoms with van der Waals surface area (Å²) in [6.45, 7) is 1.89. The lowest BCUT2D eigenvalue weighted by molar-refractivity contribution is 0.172. The number of urea groups is 1. The summed E-state index contributed by atoms with van der Waals surface area (Å²) in [5, 5.41) is 15.1. The Labute approximate surface area is 127 Å². The second kappa shape index (κ2) is 8.34. The molecule has 1 aromatic carbocycles. The topological polar surface area (TPSA) is 61.4 Å². The summed E-state index contributed by atoms with van der Waals surface area (Å²) < 4.78 is 13.3. The summed E-state index contributed by atoms with van der Waals surface area (Å²) in [5.74, 6) is 0.208. The van der Waals surface area contributed by atoms with Gasteiger partial charge in [0.15, 0.2) is 0 Å². The van der Waals surface area contributed by atoms with Crippen molar-refractivity contribution in [2.75, 3.05) is 18.6 Å². The summed E-state index contributed by atoms with van der Waals surface area (Å²) in [4.78, 5) is 11.5. The van der Waals surface area contributed by atoms with Gasteiger partial charge >= 0.3 is 6.03 Å². The maximum Gasteiger partial charge on any atom is 0.315 e. The van der Waals surface area contributed by atoms with Crippen molar-refractivity contribution in [1.82, 2.24) is 10.6 Å². The minimum atomic E-state index is -0.983. The molecule has 1 aromatic rings. The fourth-order valence-electron chi connectivity index (χ4n) is 1.59. The second-order valence-electron chi connectivity index (χ2n) is 4.40. The molecule has 2 amide bonds. The average molecular weight is 321 g/mol. The summed E-state index contributed by atoms with van der Waals surface area (Å²) in [7, 11) is 0. The third-order valence-corrected chi connectivity index (χ3v) is 3.72. The van der Waals surface area contributed by atoms with Gasteiger partial charge < -0.3 is 15.7 Å². The lowest BCUT2D eigenvalue weighted by Crippen LogP contribution is -2.43. The van der Waals surface area contributed by atoms with E-state index >= 15 is 0 Å². The Balaban J connectivity index is 2.44. The lowest BCUT2D eigenvalue weighted by atomic mass is 10.1. The number of rotatable bonds is 6. The summed E-state index contributed by atoms with van der Waals surface area (Å²) >= 11 is 7.19. The van der Waals surface area contributed by atoms with Crippen LogP contribution in [0.25, 0.3) is 0 Å². The highest BCUT2D eigenvalue weighted by Crippen LogP contribution is 2.19. The quantitative estimate of drug-likeness (QED) is 0.755. The van der Waals surface area contributed by atoms with Gasteiger partial charge in [0, 0.05) is 18.3 Å². The third kappa shape index (κ3) is 5.56. The largest absolute Gasteiger partial charge is 0.387 e. The zero-order valence-electron chi connectivity index (χ0n) is 11.3. The maximum absolute atomic E-state index is 13.3. The van der Waals surface area contributed by atoms with Crippen LogP contribution in [0.15, 0.2) is 18.2 Å². The summed E-state index contributed by atoms with van der Waals surface area (Å²) in [6, 6.07) is 3.72. The van der Waals surface area contributed by atoms with Gasteiger partial charge in [0.05, 0.1) is 11.1 Å². The van der Waals surface area contributed by atoms with E-state index < -0.39 is 11.9 Å². The number of aliphatic hydroxyl groups is 1. The SMILES string of the molecule is CSCC(C)NC(=O)NCC(O)c1ccc(Cl)c(F)c1. The van der Waals surface area contributed by atoms with Gasteiger partial charge in [-0.1, -0.05) is 17.7 Å². The molecular formula is C13H18ClFN2O2S. The molecule has 0 saturated heterocycles. The van der Waals surface area contributed by atoms with Crippen LogP contribution in [0.4, 0.5) is 9.18 Å². The number of hydrogen-bond acceptors (Lipinski definition) is 3. The van der Waals surface area contributed by atoms with Crippen LogP contribution in [0.3, 0.4) is 0 Å². The number of benzene rings is 1. The first-order chi connectivity index (χ1) is 9.43. The molecule has 0 spiro atoms. The molecule has 0 bridgehead atoms. The fourth-order valence-corrected chi connectivity index (χ4v) is 2.29. The molecule has 1 rings (SSSR count). The van der Waals surface area contributed by atoms with Crippen LogP contribution < -0.4 is 10.6 Å². The van der Waals surface area contributed by atoms with Gasteiger partial charge in [0.25, 0.3) is 0 Å². The minimum Gasteiger partial charge on any atom is -0.387 e. The second-order valence-corrected chi connectivity index (χ2v) is 5.72. The number of hydrogen-bond donors (Lipinski definition) is 3. The molecule has 112 valence electrons.